The summed E-state index contributed by atoms with van der Waals surface area (Å²) in [6, 6.07) is 8.74. The number of carboxylic acids is 1. The molecule has 1 aromatic heterocycles. The lowest BCUT2D eigenvalue weighted by atomic mass is 9.91. The molecule has 0 atom stereocenters. The molecule has 3 N–H and O–H groups in total. The summed E-state index contributed by atoms with van der Waals surface area (Å²) in [6.45, 7) is 0.355. The minimum absolute atomic E-state index is 0.00620. The van der Waals surface area contributed by atoms with Gasteiger partial charge in [0.05, 0.1) is 5.69 Å². The summed E-state index contributed by atoms with van der Waals surface area (Å²) in [5, 5.41) is 26.4. The number of rotatable bonds is 3. The second kappa shape index (κ2) is 6.26. The van der Waals surface area contributed by atoms with Gasteiger partial charge in [-0.15, -0.1) is 0 Å². The molecule has 1 aliphatic heterocycles. The fourth-order valence-electron chi connectivity index (χ4n) is 2.66. The highest BCUT2D eigenvalue weighted by atomic mass is 35.5. The summed E-state index contributed by atoms with van der Waals surface area (Å²) in [4.78, 5) is 25.0. The van der Waals surface area contributed by atoms with Gasteiger partial charge in [0.15, 0.2) is 5.60 Å². The van der Waals surface area contributed by atoms with Gasteiger partial charge < -0.3 is 15.1 Å². The van der Waals surface area contributed by atoms with E-state index < -0.39 is 11.6 Å². The number of nitrogens with one attached hydrogen (secondary N) is 1. The number of amides is 1. The number of aliphatic carboxylic acids is 1. The van der Waals surface area contributed by atoms with Gasteiger partial charge in [0.25, 0.3) is 5.91 Å². The van der Waals surface area contributed by atoms with Crippen molar-refractivity contribution < 1.29 is 19.8 Å². The molecule has 126 valence electrons. The van der Waals surface area contributed by atoms with E-state index in [-0.39, 0.29) is 31.8 Å². The highest BCUT2D eigenvalue weighted by molar-refractivity contribution is 6.30. The lowest BCUT2D eigenvalue weighted by Crippen LogP contribution is -2.50. The number of hydrogen-bond acceptors (Lipinski definition) is 4. The Morgan fingerprint density at radius 2 is 1.83 bits per heavy atom. The topological polar surface area (TPSA) is 107 Å². The Labute approximate surface area is 142 Å². The number of hydrogen-bond donors (Lipinski definition) is 3. The Kier molecular flexibility index (Phi) is 4.29. The molecule has 1 saturated heterocycles. The van der Waals surface area contributed by atoms with Crippen molar-refractivity contribution in [2.45, 2.75) is 18.4 Å². The van der Waals surface area contributed by atoms with E-state index >= 15 is 0 Å². The minimum Gasteiger partial charge on any atom is -0.479 e. The first-order valence-electron chi connectivity index (χ1n) is 7.45. The maximum Gasteiger partial charge on any atom is 0.335 e. The number of aromatic amines is 1. The molecule has 0 radical (unpaired) electrons. The van der Waals surface area contributed by atoms with Gasteiger partial charge in [-0.3, -0.25) is 9.89 Å². The van der Waals surface area contributed by atoms with Gasteiger partial charge in [0, 0.05) is 36.5 Å². The third-order valence-electron chi connectivity index (χ3n) is 4.22. The molecule has 0 spiro atoms. The Bertz CT molecular complexity index is 764. The van der Waals surface area contributed by atoms with Crippen LogP contribution in [0, 0.1) is 0 Å². The smallest absolute Gasteiger partial charge is 0.335 e. The van der Waals surface area contributed by atoms with Crippen LogP contribution in [-0.4, -0.2) is 55.9 Å². The Hall–Kier alpha value is -2.38. The van der Waals surface area contributed by atoms with E-state index in [1.807, 2.05) is 0 Å². The predicted octanol–water partition coefficient (Wildman–Crippen LogP) is 1.78. The third-order valence-corrected chi connectivity index (χ3v) is 4.48. The summed E-state index contributed by atoms with van der Waals surface area (Å²) in [5.41, 5.74) is 0.0163. The molecule has 2 heterocycles. The lowest BCUT2D eigenvalue weighted by molar-refractivity contribution is -0.162. The first-order chi connectivity index (χ1) is 11.4. The molecule has 1 fully saturated rings. The zero-order chi connectivity index (χ0) is 17.3. The molecular weight excluding hydrogens is 334 g/mol. The van der Waals surface area contributed by atoms with Crippen LogP contribution in [0.1, 0.15) is 23.3 Å². The number of aliphatic hydroxyl groups is 1. The largest absolute Gasteiger partial charge is 0.479 e. The Morgan fingerprint density at radius 3 is 2.42 bits per heavy atom. The number of piperidine rings is 1. The van der Waals surface area contributed by atoms with Crippen molar-refractivity contribution in [2.24, 2.45) is 0 Å². The fourth-order valence-corrected chi connectivity index (χ4v) is 2.79. The molecule has 0 bridgehead atoms. The second-order valence-corrected chi connectivity index (χ2v) is 6.24. The Balaban J connectivity index is 1.71. The monoisotopic (exact) mass is 349 g/mol. The van der Waals surface area contributed by atoms with E-state index in [1.54, 1.807) is 30.3 Å². The SMILES string of the molecule is O=C(c1cc(-c2ccc(Cl)cc2)n[nH]1)N1CCC(O)(C(=O)O)CC1. The number of carboxylic acid groups (broad SMARTS) is 1. The molecule has 1 aromatic carbocycles. The van der Waals surface area contributed by atoms with Crippen LogP contribution in [0.5, 0.6) is 0 Å². The molecule has 7 nitrogen and oxygen atoms in total. The number of halogens is 1. The average Bonchev–Trinajstić information content (AvgIpc) is 3.05. The van der Waals surface area contributed by atoms with Gasteiger partial charge in [-0.1, -0.05) is 23.7 Å². The van der Waals surface area contributed by atoms with E-state index in [4.69, 9.17) is 16.7 Å². The van der Waals surface area contributed by atoms with Crippen LogP contribution in [-0.2, 0) is 4.79 Å². The van der Waals surface area contributed by atoms with Crippen LogP contribution >= 0.6 is 11.6 Å². The first-order valence-corrected chi connectivity index (χ1v) is 7.83. The lowest BCUT2D eigenvalue weighted by Gasteiger charge is -2.35. The van der Waals surface area contributed by atoms with Crippen LogP contribution in [0.3, 0.4) is 0 Å². The predicted molar refractivity (Wildman–Crippen MR) is 86.8 cm³/mol. The van der Waals surface area contributed by atoms with E-state index in [1.165, 1.54) is 4.90 Å². The van der Waals surface area contributed by atoms with E-state index in [9.17, 15) is 14.7 Å². The first kappa shape index (κ1) is 16.5. The highest BCUT2D eigenvalue weighted by Crippen LogP contribution is 2.25. The summed E-state index contributed by atoms with van der Waals surface area (Å²) >= 11 is 5.85. The molecule has 1 amide bonds. The third kappa shape index (κ3) is 3.13. The van der Waals surface area contributed by atoms with Crippen molar-refractivity contribution in [1.29, 1.82) is 0 Å². The van der Waals surface area contributed by atoms with Gasteiger partial charge in [-0.25, -0.2) is 4.79 Å². The maximum absolute atomic E-state index is 12.5. The van der Waals surface area contributed by atoms with Gasteiger partial charge in [-0.05, 0) is 18.2 Å². The molecule has 24 heavy (non-hydrogen) atoms. The van der Waals surface area contributed by atoms with Crippen molar-refractivity contribution in [3.8, 4) is 11.3 Å². The van der Waals surface area contributed by atoms with E-state index in [0.717, 1.165) is 5.56 Å². The zero-order valence-electron chi connectivity index (χ0n) is 12.7. The fraction of sp³-hybridized carbons (Fsp3) is 0.312. The molecule has 0 unspecified atom stereocenters. The maximum atomic E-state index is 12.5. The number of aromatic nitrogens is 2. The van der Waals surface area contributed by atoms with Crippen molar-refractivity contribution >= 4 is 23.5 Å². The molecule has 8 heteroatoms. The van der Waals surface area contributed by atoms with Crippen molar-refractivity contribution in [2.75, 3.05) is 13.1 Å². The number of H-pyrrole nitrogens is 1. The molecule has 0 saturated carbocycles. The molecule has 3 rings (SSSR count). The number of nitrogens with zero attached hydrogens (tertiary/aromatic N) is 2. The molecule has 0 aliphatic carbocycles. The van der Waals surface area contributed by atoms with Crippen LogP contribution in [0.2, 0.25) is 5.02 Å². The number of carbonyl (C=O) groups is 2. The second-order valence-electron chi connectivity index (χ2n) is 5.80. The highest BCUT2D eigenvalue weighted by Gasteiger charge is 2.40. The van der Waals surface area contributed by atoms with E-state index in [2.05, 4.69) is 10.2 Å². The van der Waals surface area contributed by atoms with Crippen LogP contribution in [0.15, 0.2) is 30.3 Å². The zero-order valence-corrected chi connectivity index (χ0v) is 13.5. The van der Waals surface area contributed by atoms with Crippen LogP contribution < -0.4 is 0 Å². The molecule has 1 aliphatic rings. The summed E-state index contributed by atoms with van der Waals surface area (Å²) in [7, 11) is 0. The van der Waals surface area contributed by atoms with Gasteiger partial charge in [0.1, 0.15) is 5.69 Å². The van der Waals surface area contributed by atoms with Crippen molar-refractivity contribution in [1.82, 2.24) is 15.1 Å². The summed E-state index contributed by atoms with van der Waals surface area (Å²) in [6.07, 6.45) is 0.0124. The quantitative estimate of drug-likeness (QED) is 0.783. The standard InChI is InChI=1S/C16H16ClN3O4/c17-11-3-1-10(2-4-11)12-9-13(19-18-12)14(21)20-7-5-16(24,6-8-20)15(22)23/h1-4,9,24H,5-8H2,(H,18,19)(H,22,23). The normalized spacial score (nSPS) is 16.8. The summed E-state index contributed by atoms with van der Waals surface area (Å²) in [5.74, 6) is -1.52. The van der Waals surface area contributed by atoms with Crippen molar-refractivity contribution in [3.63, 3.8) is 0 Å². The molecular formula is C16H16ClN3O4. The number of benzene rings is 1. The van der Waals surface area contributed by atoms with Gasteiger partial charge in [0.2, 0.25) is 0 Å². The van der Waals surface area contributed by atoms with Crippen LogP contribution in [0.4, 0.5) is 0 Å². The average molecular weight is 350 g/mol. The number of likely N-dealkylation sites (tertiary alicyclic amines) is 1. The van der Waals surface area contributed by atoms with Gasteiger partial charge >= 0.3 is 5.97 Å². The van der Waals surface area contributed by atoms with Crippen LogP contribution in [0.25, 0.3) is 11.3 Å². The van der Waals surface area contributed by atoms with Gasteiger partial charge in [-0.2, -0.15) is 5.10 Å². The summed E-state index contributed by atoms with van der Waals surface area (Å²) < 4.78 is 0. The number of carbonyl (C=O) groups excluding carboxylic acids is 1. The van der Waals surface area contributed by atoms with Crippen molar-refractivity contribution in [3.05, 3.63) is 41.0 Å². The molecule has 2 aromatic rings. The Morgan fingerprint density at radius 1 is 1.21 bits per heavy atom. The minimum atomic E-state index is -1.75. The van der Waals surface area contributed by atoms with E-state index in [0.29, 0.717) is 16.4 Å².